The van der Waals surface area contributed by atoms with Gasteiger partial charge in [-0.3, -0.25) is 4.79 Å². The molecule has 2 N–H and O–H groups in total. The monoisotopic (exact) mass is 404 g/mol. The van der Waals surface area contributed by atoms with Gasteiger partial charge in [0.15, 0.2) is 15.8 Å². The summed E-state index contributed by atoms with van der Waals surface area (Å²) in [5.41, 5.74) is 0.714. The molecule has 1 aromatic carbocycles. The first-order chi connectivity index (χ1) is 13.2. The molecule has 0 unspecified atom stereocenters. The standard InChI is InChI=1S/C18H20N4O3S2/c23-15(10-26-17-22-21-16(27-17)20-11-3-4-11)19-12-5-6-13-14(9-12)25-18(24-13)7-1-2-8-18/h5-6,9,11H,1-4,7-8,10H2,(H,19,23)(H,20,21). The van der Waals surface area contributed by atoms with Crippen LogP contribution in [0.2, 0.25) is 0 Å². The number of thioether (sulfide) groups is 1. The van der Waals surface area contributed by atoms with Crippen LogP contribution in [0.3, 0.4) is 0 Å². The number of nitrogens with zero attached hydrogens (tertiary/aromatic N) is 2. The molecule has 2 aromatic rings. The summed E-state index contributed by atoms with van der Waals surface area (Å²) < 4.78 is 12.8. The minimum Gasteiger partial charge on any atom is -0.448 e. The molecule has 0 radical (unpaired) electrons. The molecule has 2 saturated carbocycles. The lowest BCUT2D eigenvalue weighted by Gasteiger charge is -2.21. The average Bonchev–Trinajstić information content (AvgIpc) is 3.05. The summed E-state index contributed by atoms with van der Waals surface area (Å²) in [6.45, 7) is 0. The van der Waals surface area contributed by atoms with Crippen LogP contribution in [-0.4, -0.2) is 33.7 Å². The van der Waals surface area contributed by atoms with Gasteiger partial charge in [0.25, 0.3) is 5.79 Å². The number of ether oxygens (including phenoxy) is 2. The van der Waals surface area contributed by atoms with Gasteiger partial charge in [0.05, 0.1) is 5.75 Å². The van der Waals surface area contributed by atoms with Crippen LogP contribution in [0.5, 0.6) is 11.5 Å². The first kappa shape index (κ1) is 17.1. The third-order valence-corrected chi connectivity index (χ3v) is 6.81. The van der Waals surface area contributed by atoms with E-state index in [4.69, 9.17) is 9.47 Å². The van der Waals surface area contributed by atoms with Crippen molar-refractivity contribution in [3.8, 4) is 11.5 Å². The van der Waals surface area contributed by atoms with Crippen molar-refractivity contribution in [3.05, 3.63) is 18.2 Å². The summed E-state index contributed by atoms with van der Waals surface area (Å²) in [5.74, 6) is 1.19. The van der Waals surface area contributed by atoms with Gasteiger partial charge in [0, 0.05) is 30.6 Å². The average molecular weight is 405 g/mol. The van der Waals surface area contributed by atoms with Crippen molar-refractivity contribution in [2.75, 3.05) is 16.4 Å². The van der Waals surface area contributed by atoms with Gasteiger partial charge in [-0.1, -0.05) is 23.1 Å². The minimum atomic E-state index is -0.481. The molecule has 2 heterocycles. The largest absolute Gasteiger partial charge is 0.448 e. The van der Waals surface area contributed by atoms with Crippen molar-refractivity contribution in [3.63, 3.8) is 0 Å². The first-order valence-corrected chi connectivity index (χ1v) is 11.0. The number of fused-ring (bicyclic) bond motifs is 1. The zero-order valence-electron chi connectivity index (χ0n) is 14.7. The van der Waals surface area contributed by atoms with Crippen LogP contribution in [0.4, 0.5) is 10.8 Å². The van der Waals surface area contributed by atoms with Gasteiger partial charge in [-0.2, -0.15) is 0 Å². The van der Waals surface area contributed by atoms with Crippen LogP contribution < -0.4 is 20.1 Å². The molecular weight excluding hydrogens is 384 g/mol. The van der Waals surface area contributed by atoms with Crippen LogP contribution in [0.15, 0.2) is 22.5 Å². The van der Waals surface area contributed by atoms with E-state index in [1.54, 1.807) is 0 Å². The Morgan fingerprint density at radius 2 is 2.04 bits per heavy atom. The number of anilines is 2. The van der Waals surface area contributed by atoms with Crippen LogP contribution in [-0.2, 0) is 4.79 Å². The van der Waals surface area contributed by atoms with Crippen molar-refractivity contribution in [1.29, 1.82) is 0 Å². The van der Waals surface area contributed by atoms with Crippen molar-refractivity contribution in [2.24, 2.45) is 0 Å². The molecule has 0 atom stereocenters. The van der Waals surface area contributed by atoms with Gasteiger partial charge in [0.1, 0.15) is 0 Å². The Labute approximate surface area is 165 Å². The number of amides is 1. The molecule has 0 bridgehead atoms. The normalized spacial score (nSPS) is 19.4. The molecule has 1 aromatic heterocycles. The van der Waals surface area contributed by atoms with Crippen LogP contribution in [0.1, 0.15) is 38.5 Å². The number of aromatic nitrogens is 2. The van der Waals surface area contributed by atoms with E-state index < -0.39 is 5.79 Å². The SMILES string of the molecule is O=C(CSc1nnc(NC2CC2)s1)Nc1ccc2c(c1)OC1(CCCC1)O2. The zero-order chi connectivity index (χ0) is 18.3. The number of hydrogen-bond acceptors (Lipinski definition) is 8. The lowest BCUT2D eigenvalue weighted by atomic mass is 10.2. The highest BCUT2D eigenvalue weighted by Crippen LogP contribution is 2.47. The topological polar surface area (TPSA) is 85.4 Å². The zero-order valence-corrected chi connectivity index (χ0v) is 16.3. The van der Waals surface area contributed by atoms with Crippen LogP contribution in [0, 0.1) is 0 Å². The summed E-state index contributed by atoms with van der Waals surface area (Å²) in [6.07, 6.45) is 6.47. The maximum Gasteiger partial charge on any atom is 0.251 e. The fraction of sp³-hybridized carbons (Fsp3) is 0.500. The summed E-state index contributed by atoms with van der Waals surface area (Å²) >= 11 is 2.88. The lowest BCUT2D eigenvalue weighted by Crippen LogP contribution is -2.34. The van der Waals surface area contributed by atoms with Gasteiger partial charge in [-0.05, 0) is 37.8 Å². The van der Waals surface area contributed by atoms with Crippen molar-refractivity contribution in [2.45, 2.75) is 54.7 Å². The Morgan fingerprint density at radius 3 is 2.85 bits per heavy atom. The molecule has 5 rings (SSSR count). The summed E-state index contributed by atoms with van der Waals surface area (Å²) in [4.78, 5) is 12.3. The van der Waals surface area contributed by atoms with Gasteiger partial charge in [-0.25, -0.2) is 0 Å². The number of carbonyl (C=O) groups is 1. The second kappa shape index (κ2) is 6.87. The van der Waals surface area contributed by atoms with E-state index in [0.717, 1.165) is 40.9 Å². The Balaban J connectivity index is 1.15. The highest BCUT2D eigenvalue weighted by Gasteiger charge is 2.44. The fourth-order valence-electron chi connectivity index (χ4n) is 3.34. The number of nitrogens with one attached hydrogen (secondary N) is 2. The molecule has 9 heteroatoms. The fourth-order valence-corrected chi connectivity index (χ4v) is 4.97. The van der Waals surface area contributed by atoms with Gasteiger partial charge < -0.3 is 20.1 Å². The van der Waals surface area contributed by atoms with E-state index in [9.17, 15) is 4.79 Å². The molecule has 27 heavy (non-hydrogen) atoms. The molecule has 2 fully saturated rings. The number of carbonyl (C=O) groups excluding carboxylic acids is 1. The maximum absolute atomic E-state index is 12.3. The van der Waals surface area contributed by atoms with Gasteiger partial charge in [0.2, 0.25) is 11.0 Å². The summed E-state index contributed by atoms with van der Waals surface area (Å²) in [7, 11) is 0. The third-order valence-electron chi connectivity index (χ3n) is 4.82. The second-order valence-electron chi connectivity index (χ2n) is 7.11. The molecule has 0 saturated heterocycles. The third kappa shape index (κ3) is 3.84. The predicted octanol–water partition coefficient (Wildman–Crippen LogP) is 3.88. The summed E-state index contributed by atoms with van der Waals surface area (Å²) in [5, 5.41) is 15.3. The van der Waals surface area contributed by atoms with E-state index >= 15 is 0 Å². The Morgan fingerprint density at radius 1 is 1.22 bits per heavy atom. The molecule has 142 valence electrons. The van der Waals surface area contributed by atoms with E-state index in [2.05, 4.69) is 20.8 Å². The number of hydrogen-bond donors (Lipinski definition) is 2. The molecule has 1 spiro atoms. The van der Waals surface area contributed by atoms with Crippen molar-refractivity contribution in [1.82, 2.24) is 10.2 Å². The highest BCUT2D eigenvalue weighted by molar-refractivity contribution is 8.01. The van der Waals surface area contributed by atoms with E-state index in [-0.39, 0.29) is 11.7 Å². The van der Waals surface area contributed by atoms with E-state index in [1.807, 2.05) is 18.2 Å². The Hall–Kier alpha value is -2.00. The molecule has 3 aliphatic rings. The van der Waals surface area contributed by atoms with Crippen molar-refractivity contribution < 1.29 is 14.3 Å². The number of rotatable bonds is 6. The minimum absolute atomic E-state index is 0.0821. The van der Waals surface area contributed by atoms with E-state index in [1.165, 1.54) is 35.9 Å². The van der Waals surface area contributed by atoms with Gasteiger partial charge >= 0.3 is 0 Å². The quantitative estimate of drug-likeness (QED) is 0.707. The molecule has 1 aliphatic heterocycles. The highest BCUT2D eigenvalue weighted by atomic mass is 32.2. The summed E-state index contributed by atoms with van der Waals surface area (Å²) in [6, 6.07) is 6.11. The lowest BCUT2D eigenvalue weighted by molar-refractivity contribution is -0.113. The molecule has 1 amide bonds. The van der Waals surface area contributed by atoms with Crippen LogP contribution in [0.25, 0.3) is 0 Å². The predicted molar refractivity (Wildman–Crippen MR) is 105 cm³/mol. The maximum atomic E-state index is 12.3. The molecular formula is C18H20N4O3S2. The molecule has 2 aliphatic carbocycles. The second-order valence-corrected chi connectivity index (χ2v) is 9.31. The van der Waals surface area contributed by atoms with Crippen LogP contribution >= 0.6 is 23.1 Å². The van der Waals surface area contributed by atoms with Crippen molar-refractivity contribution >= 4 is 39.8 Å². The smallest absolute Gasteiger partial charge is 0.251 e. The number of benzene rings is 1. The van der Waals surface area contributed by atoms with E-state index in [0.29, 0.717) is 17.5 Å². The molecule has 7 nitrogen and oxygen atoms in total. The van der Waals surface area contributed by atoms with Gasteiger partial charge in [-0.15, -0.1) is 10.2 Å². The Bertz CT molecular complexity index is 862. The Kier molecular flexibility index (Phi) is 4.35. The first-order valence-electron chi connectivity index (χ1n) is 9.22.